The van der Waals surface area contributed by atoms with Crippen LogP contribution in [-0.4, -0.2) is 45.8 Å². The van der Waals surface area contributed by atoms with Crippen molar-refractivity contribution in [3.8, 4) is 10.6 Å². The van der Waals surface area contributed by atoms with E-state index in [1.54, 1.807) is 4.90 Å². The van der Waals surface area contributed by atoms with Crippen molar-refractivity contribution in [1.82, 2.24) is 15.1 Å². The zero-order valence-electron chi connectivity index (χ0n) is 17.1. The molecule has 0 aliphatic heterocycles. The van der Waals surface area contributed by atoms with Gasteiger partial charge in [0.1, 0.15) is 5.01 Å². The molecule has 9 heteroatoms. The highest BCUT2D eigenvalue weighted by atomic mass is 79.9. The Labute approximate surface area is 198 Å². The molecule has 1 aromatic heterocycles. The molecule has 2 aromatic carbocycles. The Morgan fingerprint density at radius 3 is 2.52 bits per heavy atom. The topological polar surface area (TPSA) is 75.2 Å². The predicted octanol–water partition coefficient (Wildman–Crippen LogP) is 5.33. The first kappa shape index (κ1) is 23.4. The number of nitrogens with zero attached hydrogens (tertiary/aromatic N) is 3. The summed E-state index contributed by atoms with van der Waals surface area (Å²) in [6.07, 6.45) is 1.06. The summed E-state index contributed by atoms with van der Waals surface area (Å²) in [5.74, 6) is 0.221. The van der Waals surface area contributed by atoms with E-state index in [4.69, 9.17) is 0 Å². The first-order chi connectivity index (χ1) is 15.0. The third-order valence-corrected chi connectivity index (χ3v) is 6.74. The molecule has 0 bridgehead atoms. The van der Waals surface area contributed by atoms with Crippen LogP contribution in [0.5, 0.6) is 0 Å². The molecule has 0 unspecified atom stereocenters. The summed E-state index contributed by atoms with van der Waals surface area (Å²) in [4.78, 5) is 27.8. The van der Waals surface area contributed by atoms with Gasteiger partial charge in [-0.1, -0.05) is 64.5 Å². The van der Waals surface area contributed by atoms with Gasteiger partial charge in [-0.05, 0) is 30.7 Å². The van der Waals surface area contributed by atoms with Crippen LogP contribution < -0.4 is 5.32 Å². The number of amides is 2. The highest BCUT2D eigenvalue weighted by molar-refractivity contribution is 9.10. The van der Waals surface area contributed by atoms with E-state index in [9.17, 15) is 9.59 Å². The van der Waals surface area contributed by atoms with Crippen molar-refractivity contribution in [3.63, 3.8) is 0 Å². The van der Waals surface area contributed by atoms with Crippen LogP contribution in [0.4, 0.5) is 5.13 Å². The second kappa shape index (κ2) is 12.0. The number of carbonyl (C=O) groups excluding carboxylic acids is 2. The maximum Gasteiger partial charge on any atom is 0.232 e. The van der Waals surface area contributed by atoms with Gasteiger partial charge in [-0.25, -0.2) is 0 Å². The number of hydrogen-bond donors (Lipinski definition) is 1. The number of anilines is 1. The average Bonchev–Trinajstić information content (AvgIpc) is 3.24. The monoisotopic (exact) mass is 518 g/mol. The number of rotatable bonds is 10. The van der Waals surface area contributed by atoms with Gasteiger partial charge in [-0.15, -0.1) is 22.0 Å². The van der Waals surface area contributed by atoms with Crippen LogP contribution in [0.1, 0.15) is 19.8 Å². The zero-order chi connectivity index (χ0) is 22.1. The van der Waals surface area contributed by atoms with Gasteiger partial charge < -0.3 is 10.2 Å². The minimum Gasteiger partial charge on any atom is -0.341 e. The molecule has 0 saturated carbocycles. The van der Waals surface area contributed by atoms with Gasteiger partial charge in [0.2, 0.25) is 16.9 Å². The maximum absolute atomic E-state index is 12.6. The first-order valence-electron chi connectivity index (χ1n) is 9.90. The van der Waals surface area contributed by atoms with E-state index in [0.717, 1.165) is 26.4 Å². The first-order valence-corrected chi connectivity index (χ1v) is 12.5. The lowest BCUT2D eigenvalue weighted by atomic mass is 10.2. The summed E-state index contributed by atoms with van der Waals surface area (Å²) < 4.78 is 0.989. The largest absolute Gasteiger partial charge is 0.341 e. The summed E-state index contributed by atoms with van der Waals surface area (Å²) >= 11 is 6.24. The minimum atomic E-state index is -0.178. The van der Waals surface area contributed by atoms with E-state index in [-0.39, 0.29) is 18.2 Å². The molecule has 0 aliphatic rings. The lowest BCUT2D eigenvalue weighted by Gasteiger charge is -2.21. The Kier molecular flexibility index (Phi) is 9.05. The fourth-order valence-corrected chi connectivity index (χ4v) is 4.64. The van der Waals surface area contributed by atoms with E-state index in [2.05, 4.69) is 31.4 Å². The molecule has 0 saturated heterocycles. The van der Waals surface area contributed by atoms with E-state index in [1.807, 2.05) is 61.5 Å². The molecule has 162 valence electrons. The van der Waals surface area contributed by atoms with Crippen molar-refractivity contribution in [2.75, 3.05) is 24.2 Å². The predicted molar refractivity (Wildman–Crippen MR) is 130 cm³/mol. The van der Waals surface area contributed by atoms with Gasteiger partial charge in [0, 0.05) is 34.4 Å². The van der Waals surface area contributed by atoms with Gasteiger partial charge >= 0.3 is 0 Å². The average molecular weight is 519 g/mol. The number of halogens is 1. The molecule has 1 heterocycles. The van der Waals surface area contributed by atoms with Crippen LogP contribution in [0.2, 0.25) is 0 Å². The quantitative estimate of drug-likeness (QED) is 0.367. The van der Waals surface area contributed by atoms with Gasteiger partial charge in [0.25, 0.3) is 0 Å². The highest BCUT2D eigenvalue weighted by Gasteiger charge is 2.16. The maximum atomic E-state index is 12.6. The lowest BCUT2D eigenvalue weighted by molar-refractivity contribution is -0.128. The molecule has 6 nitrogen and oxygen atoms in total. The molecular formula is C22H23BrN4O2S2. The lowest BCUT2D eigenvalue weighted by Crippen LogP contribution is -2.35. The number of carbonyl (C=O) groups is 2. The van der Waals surface area contributed by atoms with Crippen molar-refractivity contribution in [2.45, 2.75) is 24.7 Å². The second-order valence-corrected chi connectivity index (χ2v) is 9.64. The fourth-order valence-electron chi connectivity index (χ4n) is 2.79. The Hall–Kier alpha value is -2.23. The normalized spacial score (nSPS) is 10.6. The Morgan fingerprint density at radius 1 is 1.06 bits per heavy atom. The third kappa shape index (κ3) is 7.45. The summed E-state index contributed by atoms with van der Waals surface area (Å²) in [5.41, 5.74) is 0.942. The van der Waals surface area contributed by atoms with Crippen LogP contribution in [-0.2, 0) is 9.59 Å². The fraction of sp³-hybridized carbons (Fsp3) is 0.273. The van der Waals surface area contributed by atoms with Gasteiger partial charge in [0.15, 0.2) is 0 Å². The number of benzene rings is 2. The van der Waals surface area contributed by atoms with E-state index < -0.39 is 0 Å². The molecule has 0 spiro atoms. The molecule has 0 fully saturated rings. The molecule has 2 amide bonds. The van der Waals surface area contributed by atoms with Crippen LogP contribution in [0.25, 0.3) is 10.6 Å². The minimum absolute atomic E-state index is 0.0388. The van der Waals surface area contributed by atoms with Crippen molar-refractivity contribution >= 4 is 56.0 Å². The number of nitrogens with one attached hydrogen (secondary N) is 1. The van der Waals surface area contributed by atoms with E-state index >= 15 is 0 Å². The van der Waals surface area contributed by atoms with Crippen molar-refractivity contribution in [3.05, 3.63) is 59.1 Å². The standard InChI is InChI=1S/C22H23BrN4O2S2/c1-2-13-27(20(29)15-30-18-6-4-3-5-7-18)14-12-19(28)24-22-26-25-21(31-22)16-8-10-17(23)11-9-16/h3-11H,2,12-15H2,1H3,(H,24,26,28). The smallest absolute Gasteiger partial charge is 0.232 e. The molecule has 1 N–H and O–H groups in total. The number of aromatic nitrogens is 2. The number of thioether (sulfide) groups is 1. The van der Waals surface area contributed by atoms with E-state index in [0.29, 0.717) is 24.0 Å². The molecule has 3 rings (SSSR count). The molecule has 3 aromatic rings. The summed E-state index contributed by atoms with van der Waals surface area (Å²) in [6, 6.07) is 17.6. The Morgan fingerprint density at radius 2 is 1.81 bits per heavy atom. The molecular weight excluding hydrogens is 496 g/mol. The molecule has 31 heavy (non-hydrogen) atoms. The van der Waals surface area contributed by atoms with Crippen molar-refractivity contribution in [2.24, 2.45) is 0 Å². The zero-order valence-corrected chi connectivity index (χ0v) is 20.3. The molecule has 0 aliphatic carbocycles. The van der Waals surface area contributed by atoms with Crippen LogP contribution in [0, 0.1) is 0 Å². The Bertz CT molecular complexity index is 996. The van der Waals surface area contributed by atoms with E-state index in [1.165, 1.54) is 23.1 Å². The van der Waals surface area contributed by atoms with Crippen LogP contribution >= 0.6 is 39.0 Å². The van der Waals surface area contributed by atoms with Crippen molar-refractivity contribution < 1.29 is 9.59 Å². The van der Waals surface area contributed by atoms with Crippen LogP contribution in [0.15, 0.2) is 64.0 Å². The van der Waals surface area contributed by atoms with Gasteiger partial charge in [0.05, 0.1) is 5.75 Å². The third-order valence-electron chi connectivity index (χ3n) is 4.32. The van der Waals surface area contributed by atoms with Crippen molar-refractivity contribution in [1.29, 1.82) is 0 Å². The van der Waals surface area contributed by atoms with Gasteiger partial charge in [-0.2, -0.15) is 0 Å². The molecule has 0 atom stereocenters. The van der Waals surface area contributed by atoms with Gasteiger partial charge in [-0.3, -0.25) is 9.59 Å². The summed E-state index contributed by atoms with van der Waals surface area (Å²) in [5, 5.41) is 12.2. The number of hydrogen-bond acceptors (Lipinski definition) is 6. The summed E-state index contributed by atoms with van der Waals surface area (Å²) in [7, 11) is 0. The second-order valence-electron chi connectivity index (χ2n) is 6.70. The van der Waals surface area contributed by atoms with Crippen LogP contribution in [0.3, 0.4) is 0 Å². The molecule has 0 radical (unpaired) electrons. The SMILES string of the molecule is CCCN(CCC(=O)Nc1nnc(-c2ccc(Br)cc2)s1)C(=O)CSc1ccccc1. The summed E-state index contributed by atoms with van der Waals surface area (Å²) in [6.45, 7) is 3.04. The Balaban J connectivity index is 1.49. The highest BCUT2D eigenvalue weighted by Crippen LogP contribution is 2.27.